The number of anilines is 1. The molecule has 1 aliphatic rings. The molecule has 0 spiro atoms. The van der Waals surface area contributed by atoms with E-state index < -0.39 is 0 Å². The Labute approximate surface area is 185 Å². The van der Waals surface area contributed by atoms with Gasteiger partial charge in [0.15, 0.2) is 5.11 Å². The van der Waals surface area contributed by atoms with E-state index in [0.717, 1.165) is 28.5 Å². The third kappa shape index (κ3) is 3.59. The molecule has 4 aromatic rings. The highest BCUT2D eigenvalue weighted by Crippen LogP contribution is 2.43. The molecule has 0 amide bonds. The zero-order valence-corrected chi connectivity index (χ0v) is 17.6. The van der Waals surface area contributed by atoms with Crippen molar-refractivity contribution in [3.8, 4) is 11.3 Å². The Balaban J connectivity index is 1.61. The molecule has 6 heteroatoms. The standard InChI is InChI=1S/C25H20FN3OS/c1-16-15-18(10-11-19(16)26)29-24(23(28-25(29)31)20-9-5-6-14-27-20)22-13-12-21(30-22)17-7-3-2-4-8-17/h2-15,23-24H,1H3,(H,28,31)/t23-,24-/m1/s1. The summed E-state index contributed by atoms with van der Waals surface area (Å²) in [4.78, 5) is 6.53. The van der Waals surface area contributed by atoms with Crippen molar-refractivity contribution >= 4 is 23.0 Å². The first-order valence-electron chi connectivity index (χ1n) is 10.0. The molecule has 0 radical (unpaired) electrons. The van der Waals surface area contributed by atoms with Crippen LogP contribution in [-0.4, -0.2) is 10.1 Å². The summed E-state index contributed by atoms with van der Waals surface area (Å²) in [6.07, 6.45) is 1.76. The fourth-order valence-electron chi connectivity index (χ4n) is 3.97. The van der Waals surface area contributed by atoms with Crippen LogP contribution in [0.3, 0.4) is 0 Å². The summed E-state index contributed by atoms with van der Waals surface area (Å²) in [5.74, 6) is 1.29. The van der Waals surface area contributed by atoms with Crippen LogP contribution in [0.5, 0.6) is 0 Å². The van der Waals surface area contributed by atoms with E-state index in [-0.39, 0.29) is 17.9 Å². The predicted octanol–water partition coefficient (Wildman–Crippen LogP) is 5.97. The molecule has 31 heavy (non-hydrogen) atoms. The molecular formula is C25H20FN3OS. The fourth-order valence-corrected chi connectivity index (χ4v) is 4.32. The highest BCUT2D eigenvalue weighted by Gasteiger charge is 2.42. The number of nitrogens with one attached hydrogen (secondary N) is 1. The lowest BCUT2D eigenvalue weighted by Crippen LogP contribution is -2.29. The number of hydrogen-bond acceptors (Lipinski definition) is 3. The maximum atomic E-state index is 13.9. The number of nitrogens with zero attached hydrogens (tertiary/aromatic N) is 2. The molecule has 1 saturated heterocycles. The van der Waals surface area contributed by atoms with Gasteiger partial charge < -0.3 is 14.6 Å². The summed E-state index contributed by atoms with van der Waals surface area (Å²) >= 11 is 5.70. The van der Waals surface area contributed by atoms with Crippen molar-refractivity contribution in [3.63, 3.8) is 0 Å². The van der Waals surface area contributed by atoms with Crippen LogP contribution in [0, 0.1) is 12.7 Å². The SMILES string of the molecule is Cc1cc(N2C(=S)N[C@H](c3ccccn3)[C@H]2c2ccc(-c3ccccc3)o2)ccc1F. The third-order valence-corrected chi connectivity index (χ3v) is 5.81. The first kappa shape index (κ1) is 19.5. The Morgan fingerprint density at radius 2 is 1.81 bits per heavy atom. The number of thiocarbonyl (C=S) groups is 1. The Morgan fingerprint density at radius 3 is 2.55 bits per heavy atom. The normalized spacial score (nSPS) is 18.3. The molecule has 1 N–H and O–H groups in total. The first-order valence-corrected chi connectivity index (χ1v) is 10.4. The lowest BCUT2D eigenvalue weighted by atomic mass is 10.0. The monoisotopic (exact) mass is 429 g/mol. The average molecular weight is 430 g/mol. The minimum Gasteiger partial charge on any atom is -0.459 e. The third-order valence-electron chi connectivity index (χ3n) is 5.49. The molecule has 2 aromatic carbocycles. The molecule has 0 aliphatic carbocycles. The fraction of sp³-hybridized carbons (Fsp3) is 0.120. The molecule has 0 unspecified atom stereocenters. The Bertz CT molecular complexity index is 1230. The maximum Gasteiger partial charge on any atom is 0.174 e. The smallest absolute Gasteiger partial charge is 0.174 e. The van der Waals surface area contributed by atoms with Crippen LogP contribution in [0.15, 0.2) is 89.5 Å². The van der Waals surface area contributed by atoms with E-state index in [1.54, 1.807) is 25.3 Å². The Hall–Kier alpha value is -3.51. The number of aryl methyl sites for hydroxylation is 1. The second-order valence-corrected chi connectivity index (χ2v) is 7.88. The molecule has 5 rings (SSSR count). The molecule has 0 bridgehead atoms. The van der Waals surface area contributed by atoms with Crippen molar-refractivity contribution in [3.05, 3.63) is 108 Å². The van der Waals surface area contributed by atoms with E-state index in [1.807, 2.05) is 65.6 Å². The minimum atomic E-state index is -0.273. The number of furan rings is 1. The topological polar surface area (TPSA) is 41.3 Å². The molecule has 3 heterocycles. The molecule has 0 saturated carbocycles. The quantitative estimate of drug-likeness (QED) is 0.405. The molecule has 2 aromatic heterocycles. The summed E-state index contributed by atoms with van der Waals surface area (Å²) in [6, 6.07) is 24.2. The second-order valence-electron chi connectivity index (χ2n) is 7.50. The summed E-state index contributed by atoms with van der Waals surface area (Å²) in [7, 11) is 0. The van der Waals surface area contributed by atoms with Crippen LogP contribution in [-0.2, 0) is 0 Å². The van der Waals surface area contributed by atoms with E-state index >= 15 is 0 Å². The van der Waals surface area contributed by atoms with Gasteiger partial charge >= 0.3 is 0 Å². The minimum absolute atomic E-state index is 0.214. The van der Waals surface area contributed by atoms with Crippen LogP contribution in [0.2, 0.25) is 0 Å². The van der Waals surface area contributed by atoms with E-state index in [4.69, 9.17) is 16.6 Å². The number of halogens is 1. The van der Waals surface area contributed by atoms with Gasteiger partial charge in [-0.1, -0.05) is 36.4 Å². The average Bonchev–Trinajstić information content (AvgIpc) is 3.41. The van der Waals surface area contributed by atoms with Gasteiger partial charge in [0.05, 0.1) is 11.7 Å². The largest absolute Gasteiger partial charge is 0.459 e. The summed E-state index contributed by atoms with van der Waals surface area (Å²) in [5, 5.41) is 3.94. The van der Waals surface area contributed by atoms with Gasteiger partial charge in [-0.3, -0.25) is 4.98 Å². The van der Waals surface area contributed by atoms with Crippen LogP contribution in [0.1, 0.15) is 29.1 Å². The van der Waals surface area contributed by atoms with Crippen LogP contribution < -0.4 is 10.2 Å². The molecular weight excluding hydrogens is 409 g/mol. The van der Waals surface area contributed by atoms with E-state index in [1.165, 1.54) is 6.07 Å². The zero-order chi connectivity index (χ0) is 21.4. The highest BCUT2D eigenvalue weighted by molar-refractivity contribution is 7.80. The van der Waals surface area contributed by atoms with E-state index in [2.05, 4.69) is 10.3 Å². The first-order chi connectivity index (χ1) is 15.1. The van der Waals surface area contributed by atoms with E-state index in [9.17, 15) is 4.39 Å². The highest BCUT2D eigenvalue weighted by atomic mass is 32.1. The number of hydrogen-bond donors (Lipinski definition) is 1. The maximum absolute atomic E-state index is 13.9. The number of benzene rings is 2. The number of rotatable bonds is 4. The van der Waals surface area contributed by atoms with Gasteiger partial charge in [-0.15, -0.1) is 0 Å². The number of pyridine rings is 1. The summed E-state index contributed by atoms with van der Waals surface area (Å²) in [5.41, 5.74) is 3.22. The number of aromatic nitrogens is 1. The van der Waals surface area contributed by atoms with Gasteiger partial charge in [0, 0.05) is 17.4 Å². The van der Waals surface area contributed by atoms with E-state index in [0.29, 0.717) is 10.7 Å². The van der Waals surface area contributed by atoms with Crippen molar-refractivity contribution < 1.29 is 8.81 Å². The van der Waals surface area contributed by atoms with Crippen LogP contribution in [0.4, 0.5) is 10.1 Å². The predicted molar refractivity (Wildman–Crippen MR) is 123 cm³/mol. The van der Waals surface area contributed by atoms with Crippen molar-refractivity contribution in [2.45, 2.75) is 19.0 Å². The molecule has 154 valence electrons. The second kappa shape index (κ2) is 7.96. The van der Waals surface area contributed by atoms with Crippen molar-refractivity contribution in [2.75, 3.05) is 4.90 Å². The van der Waals surface area contributed by atoms with Crippen LogP contribution >= 0.6 is 12.2 Å². The lowest BCUT2D eigenvalue weighted by molar-refractivity contribution is 0.439. The van der Waals surface area contributed by atoms with Gasteiger partial charge in [0.25, 0.3) is 0 Å². The molecule has 1 aliphatic heterocycles. The van der Waals surface area contributed by atoms with Gasteiger partial charge in [-0.2, -0.15) is 0 Å². The Kier molecular flexibility index (Phi) is 5.00. The van der Waals surface area contributed by atoms with Gasteiger partial charge in [0.1, 0.15) is 23.4 Å². The molecule has 4 nitrogen and oxygen atoms in total. The summed E-state index contributed by atoms with van der Waals surface area (Å²) < 4.78 is 20.3. The van der Waals surface area contributed by atoms with Crippen LogP contribution in [0.25, 0.3) is 11.3 Å². The Morgan fingerprint density at radius 1 is 1.00 bits per heavy atom. The van der Waals surface area contributed by atoms with Gasteiger partial charge in [0.2, 0.25) is 0 Å². The van der Waals surface area contributed by atoms with Gasteiger partial charge in [-0.05, 0) is 67.2 Å². The van der Waals surface area contributed by atoms with Gasteiger partial charge in [-0.25, -0.2) is 4.39 Å². The zero-order valence-electron chi connectivity index (χ0n) is 16.8. The lowest BCUT2D eigenvalue weighted by Gasteiger charge is -2.26. The van der Waals surface area contributed by atoms with Crippen molar-refractivity contribution in [1.82, 2.24) is 10.3 Å². The molecule has 1 fully saturated rings. The molecule has 2 atom stereocenters. The summed E-state index contributed by atoms with van der Waals surface area (Å²) in [6.45, 7) is 1.75. The van der Waals surface area contributed by atoms with Crippen molar-refractivity contribution in [1.29, 1.82) is 0 Å². The van der Waals surface area contributed by atoms with Crippen molar-refractivity contribution in [2.24, 2.45) is 0 Å².